The van der Waals surface area contributed by atoms with E-state index in [2.05, 4.69) is 15.1 Å². The Labute approximate surface area is 193 Å². The van der Waals surface area contributed by atoms with Gasteiger partial charge in [0, 0.05) is 56.1 Å². The van der Waals surface area contributed by atoms with Gasteiger partial charge in [0.05, 0.1) is 4.90 Å². The Morgan fingerprint density at radius 3 is 2.76 bits per heavy atom. The predicted octanol–water partition coefficient (Wildman–Crippen LogP) is 3.07. The summed E-state index contributed by atoms with van der Waals surface area (Å²) in [5.41, 5.74) is 2.39. The van der Waals surface area contributed by atoms with Gasteiger partial charge in [-0.25, -0.2) is 8.42 Å². The van der Waals surface area contributed by atoms with Crippen LogP contribution in [0.2, 0.25) is 0 Å². The molecular weight excluding hydrogens is 442 g/mol. The highest BCUT2D eigenvalue weighted by molar-refractivity contribution is 7.89. The number of rotatable bonds is 8. The monoisotopic (exact) mass is 469 g/mol. The number of fused-ring (bicyclic) bond motifs is 1. The van der Waals surface area contributed by atoms with Gasteiger partial charge in [0.25, 0.3) is 0 Å². The lowest BCUT2D eigenvalue weighted by atomic mass is 10.0. The summed E-state index contributed by atoms with van der Waals surface area (Å²) < 4.78 is 32.5. The van der Waals surface area contributed by atoms with Crippen LogP contribution in [0.3, 0.4) is 0 Å². The van der Waals surface area contributed by atoms with Crippen molar-refractivity contribution >= 4 is 21.6 Å². The van der Waals surface area contributed by atoms with Crippen LogP contribution in [-0.2, 0) is 27.7 Å². The lowest BCUT2D eigenvalue weighted by Crippen LogP contribution is -2.36. The van der Waals surface area contributed by atoms with Gasteiger partial charge in [-0.15, -0.1) is 0 Å². The van der Waals surface area contributed by atoms with E-state index in [1.54, 1.807) is 41.6 Å². The zero-order valence-electron chi connectivity index (χ0n) is 18.8. The number of amides is 1. The Balaban J connectivity index is 1.47. The molecule has 1 aliphatic rings. The normalized spacial score (nSPS) is 13.8. The molecule has 0 unspecified atom stereocenters. The quantitative estimate of drug-likeness (QED) is 0.499. The van der Waals surface area contributed by atoms with Crippen LogP contribution < -0.4 is 4.90 Å². The van der Waals surface area contributed by atoms with E-state index in [1.807, 2.05) is 19.9 Å². The number of benzene rings is 1. The van der Waals surface area contributed by atoms with Crippen LogP contribution in [0.15, 0.2) is 52.1 Å². The summed E-state index contributed by atoms with van der Waals surface area (Å²) in [6.45, 7) is 5.07. The van der Waals surface area contributed by atoms with Crippen LogP contribution in [0.1, 0.15) is 38.1 Å². The summed E-state index contributed by atoms with van der Waals surface area (Å²) in [6.07, 6.45) is 5.37. The van der Waals surface area contributed by atoms with Gasteiger partial charge in [0.1, 0.15) is 0 Å². The molecule has 0 saturated heterocycles. The number of sulfonamides is 1. The molecule has 0 fully saturated rings. The first kappa shape index (κ1) is 23.1. The molecule has 0 spiro atoms. The molecule has 1 aromatic carbocycles. The molecule has 0 N–H and O–H groups in total. The van der Waals surface area contributed by atoms with Crippen LogP contribution in [0, 0.1) is 0 Å². The van der Waals surface area contributed by atoms with E-state index in [1.165, 1.54) is 4.31 Å². The Morgan fingerprint density at radius 1 is 1.21 bits per heavy atom. The van der Waals surface area contributed by atoms with Gasteiger partial charge < -0.3 is 9.42 Å². The Bertz CT molecular complexity index is 1220. The molecule has 1 amide bonds. The van der Waals surface area contributed by atoms with Crippen molar-refractivity contribution in [1.29, 1.82) is 0 Å². The third-order valence-electron chi connectivity index (χ3n) is 5.75. The molecule has 0 aliphatic carbocycles. The Morgan fingerprint density at radius 2 is 2.03 bits per heavy atom. The zero-order chi connectivity index (χ0) is 23.4. The number of anilines is 1. The van der Waals surface area contributed by atoms with Gasteiger partial charge >= 0.3 is 0 Å². The molecule has 0 radical (unpaired) electrons. The van der Waals surface area contributed by atoms with Crippen molar-refractivity contribution in [3.8, 4) is 11.4 Å². The smallest absolute Gasteiger partial charge is 0.243 e. The van der Waals surface area contributed by atoms with Gasteiger partial charge in [0.2, 0.25) is 27.6 Å². The minimum Gasteiger partial charge on any atom is -0.339 e. The van der Waals surface area contributed by atoms with Crippen molar-refractivity contribution in [2.24, 2.45) is 0 Å². The van der Waals surface area contributed by atoms with Crippen LogP contribution in [0.4, 0.5) is 5.69 Å². The standard InChI is InChI=1S/C23H27N5O4S/c1-3-27(4-2)33(30,31)19-9-10-20-17(15-19)8-6-14-28(20)22(29)12-11-21-25-23(26-32-21)18-7-5-13-24-16-18/h5,7,9-10,13,15-16H,3-4,6,8,11-12,14H2,1-2H3. The molecule has 3 aromatic rings. The summed E-state index contributed by atoms with van der Waals surface area (Å²) in [5.74, 6) is 0.771. The van der Waals surface area contributed by atoms with Crippen molar-refractivity contribution in [3.05, 3.63) is 54.2 Å². The summed E-state index contributed by atoms with van der Waals surface area (Å²) in [4.78, 5) is 23.4. The zero-order valence-corrected chi connectivity index (χ0v) is 19.6. The highest BCUT2D eigenvalue weighted by Gasteiger charge is 2.27. The molecule has 1 aliphatic heterocycles. The second kappa shape index (κ2) is 9.80. The summed E-state index contributed by atoms with van der Waals surface area (Å²) >= 11 is 0. The molecule has 0 saturated carbocycles. The third kappa shape index (κ3) is 4.81. The fourth-order valence-corrected chi connectivity index (χ4v) is 5.53. The number of carbonyl (C=O) groups excluding carboxylic acids is 1. The van der Waals surface area contributed by atoms with Crippen LogP contribution in [-0.4, -0.2) is 53.4 Å². The van der Waals surface area contributed by atoms with E-state index in [4.69, 9.17) is 4.52 Å². The van der Waals surface area contributed by atoms with Crippen LogP contribution in [0.5, 0.6) is 0 Å². The molecule has 9 nitrogen and oxygen atoms in total. The van der Waals surface area contributed by atoms with Gasteiger partial charge in [-0.1, -0.05) is 19.0 Å². The first-order chi connectivity index (χ1) is 15.9. The molecular formula is C23H27N5O4S. The number of pyridine rings is 1. The van der Waals surface area contributed by atoms with E-state index in [-0.39, 0.29) is 17.2 Å². The second-order valence-corrected chi connectivity index (χ2v) is 9.72. The number of hydrogen-bond donors (Lipinski definition) is 0. The first-order valence-electron chi connectivity index (χ1n) is 11.1. The number of hydrogen-bond acceptors (Lipinski definition) is 7. The maximum Gasteiger partial charge on any atom is 0.243 e. The minimum atomic E-state index is -3.54. The number of aryl methyl sites for hydroxylation is 2. The Kier molecular flexibility index (Phi) is 6.85. The summed E-state index contributed by atoms with van der Waals surface area (Å²) in [5, 5.41) is 3.96. The molecule has 0 bridgehead atoms. The van der Waals surface area contributed by atoms with Crippen molar-refractivity contribution in [2.75, 3.05) is 24.5 Å². The van der Waals surface area contributed by atoms with Gasteiger partial charge in [0.15, 0.2) is 0 Å². The fraction of sp³-hybridized carbons (Fsp3) is 0.391. The first-order valence-corrected chi connectivity index (χ1v) is 12.5. The molecule has 2 aromatic heterocycles. The number of nitrogens with zero attached hydrogens (tertiary/aromatic N) is 5. The van der Waals surface area contributed by atoms with Crippen molar-refractivity contribution < 1.29 is 17.7 Å². The summed E-state index contributed by atoms with van der Waals surface area (Å²) in [6, 6.07) is 8.68. The van der Waals surface area contributed by atoms with Gasteiger partial charge in [-0.2, -0.15) is 9.29 Å². The second-order valence-electron chi connectivity index (χ2n) is 7.78. The highest BCUT2D eigenvalue weighted by atomic mass is 32.2. The highest BCUT2D eigenvalue weighted by Crippen LogP contribution is 2.31. The van der Waals surface area contributed by atoms with E-state index >= 15 is 0 Å². The lowest BCUT2D eigenvalue weighted by Gasteiger charge is -2.30. The predicted molar refractivity (Wildman–Crippen MR) is 123 cm³/mol. The largest absolute Gasteiger partial charge is 0.339 e. The van der Waals surface area contributed by atoms with E-state index in [0.717, 1.165) is 29.7 Å². The molecule has 33 heavy (non-hydrogen) atoms. The maximum absolute atomic E-state index is 13.0. The molecule has 3 heterocycles. The SMILES string of the molecule is CCN(CC)S(=O)(=O)c1ccc2c(c1)CCCN2C(=O)CCc1nc(-c2cccnc2)no1. The Hall–Kier alpha value is -3.11. The minimum absolute atomic E-state index is 0.0589. The average Bonchev–Trinajstić information content (AvgIpc) is 3.32. The number of carbonyl (C=O) groups is 1. The number of aromatic nitrogens is 3. The van der Waals surface area contributed by atoms with E-state index in [9.17, 15) is 13.2 Å². The molecule has 174 valence electrons. The molecule has 10 heteroatoms. The van der Waals surface area contributed by atoms with Gasteiger partial charge in [-0.05, 0) is 48.7 Å². The van der Waals surface area contributed by atoms with Crippen molar-refractivity contribution in [3.63, 3.8) is 0 Å². The third-order valence-corrected chi connectivity index (χ3v) is 7.80. The van der Waals surface area contributed by atoms with Crippen molar-refractivity contribution in [2.45, 2.75) is 44.4 Å². The average molecular weight is 470 g/mol. The fourth-order valence-electron chi connectivity index (χ4n) is 4.02. The van der Waals surface area contributed by atoms with Crippen LogP contribution in [0.25, 0.3) is 11.4 Å². The maximum atomic E-state index is 13.0. The van der Waals surface area contributed by atoms with E-state index in [0.29, 0.717) is 37.8 Å². The van der Waals surface area contributed by atoms with Crippen LogP contribution >= 0.6 is 0 Å². The topological polar surface area (TPSA) is 110 Å². The van der Waals surface area contributed by atoms with E-state index < -0.39 is 10.0 Å². The molecule has 0 atom stereocenters. The molecule has 4 rings (SSSR count). The van der Waals surface area contributed by atoms with Crippen molar-refractivity contribution in [1.82, 2.24) is 19.4 Å². The summed E-state index contributed by atoms with van der Waals surface area (Å²) in [7, 11) is -3.54. The van der Waals surface area contributed by atoms with Gasteiger partial charge in [-0.3, -0.25) is 9.78 Å². The lowest BCUT2D eigenvalue weighted by molar-refractivity contribution is -0.118.